The van der Waals surface area contributed by atoms with E-state index in [4.69, 9.17) is 17.0 Å². The summed E-state index contributed by atoms with van der Waals surface area (Å²) in [5, 5.41) is 7.03. The number of thiocarbonyl (C=S) groups is 1. The zero-order chi connectivity index (χ0) is 10.7. The molecule has 80 valence electrons. The quantitative estimate of drug-likeness (QED) is 0.768. The Labute approximate surface area is 94.8 Å². The molecule has 3 nitrogen and oxygen atoms in total. The Morgan fingerprint density at radius 1 is 1.47 bits per heavy atom. The van der Waals surface area contributed by atoms with Crippen molar-refractivity contribution in [2.45, 2.75) is 18.9 Å². The molecule has 2 N–H and O–H groups in total. The summed E-state index contributed by atoms with van der Waals surface area (Å²) in [6, 6.07) is 8.30. The maximum Gasteiger partial charge on any atom is 0.170 e. The molecule has 1 saturated carbocycles. The lowest BCUT2D eigenvalue weighted by atomic mass is 10.3. The Balaban J connectivity index is 1.93. The van der Waals surface area contributed by atoms with E-state index in [1.165, 1.54) is 12.8 Å². The fraction of sp³-hybridized carbons (Fsp3) is 0.364. The first kappa shape index (κ1) is 10.2. The molecule has 1 aromatic carbocycles. The van der Waals surface area contributed by atoms with E-state index in [0.717, 1.165) is 11.4 Å². The summed E-state index contributed by atoms with van der Waals surface area (Å²) in [6.07, 6.45) is 2.44. The van der Waals surface area contributed by atoms with Crippen LogP contribution < -0.4 is 15.4 Å². The van der Waals surface area contributed by atoms with Crippen LogP contribution in [-0.2, 0) is 0 Å². The van der Waals surface area contributed by atoms with Crippen molar-refractivity contribution >= 4 is 23.0 Å². The first-order chi connectivity index (χ1) is 7.28. The summed E-state index contributed by atoms with van der Waals surface area (Å²) in [4.78, 5) is 0. The van der Waals surface area contributed by atoms with E-state index in [-0.39, 0.29) is 0 Å². The minimum absolute atomic E-state index is 0.579. The van der Waals surface area contributed by atoms with Crippen molar-refractivity contribution < 1.29 is 4.74 Å². The van der Waals surface area contributed by atoms with E-state index >= 15 is 0 Å². The van der Waals surface area contributed by atoms with Crippen LogP contribution in [0.5, 0.6) is 5.75 Å². The van der Waals surface area contributed by atoms with Gasteiger partial charge in [-0.25, -0.2) is 0 Å². The first-order valence-corrected chi connectivity index (χ1v) is 5.40. The highest BCUT2D eigenvalue weighted by molar-refractivity contribution is 7.80. The van der Waals surface area contributed by atoms with E-state index in [1.54, 1.807) is 7.11 Å². The number of nitrogens with one attached hydrogen (secondary N) is 2. The zero-order valence-corrected chi connectivity index (χ0v) is 9.43. The van der Waals surface area contributed by atoms with Crippen LogP contribution in [0.25, 0.3) is 0 Å². The average Bonchev–Trinajstić information content (AvgIpc) is 3.02. The van der Waals surface area contributed by atoms with Crippen LogP contribution >= 0.6 is 12.2 Å². The monoisotopic (exact) mass is 222 g/mol. The van der Waals surface area contributed by atoms with Crippen LogP contribution in [0.2, 0.25) is 0 Å². The van der Waals surface area contributed by atoms with Crippen molar-refractivity contribution in [3.05, 3.63) is 24.3 Å². The lowest BCUT2D eigenvalue weighted by molar-refractivity contribution is 0.415. The second-order valence-corrected chi connectivity index (χ2v) is 4.01. The number of methoxy groups -OCH3 is 1. The number of anilines is 1. The van der Waals surface area contributed by atoms with Crippen LogP contribution in [0.3, 0.4) is 0 Å². The Hall–Kier alpha value is -1.29. The molecule has 1 aliphatic carbocycles. The molecular weight excluding hydrogens is 208 g/mol. The van der Waals surface area contributed by atoms with Crippen LogP contribution in [0.15, 0.2) is 24.3 Å². The molecule has 0 saturated heterocycles. The molecule has 0 unspecified atom stereocenters. The summed E-state index contributed by atoms with van der Waals surface area (Å²) in [5.74, 6) is 0.828. The zero-order valence-electron chi connectivity index (χ0n) is 8.62. The Kier molecular flexibility index (Phi) is 3.06. The first-order valence-electron chi connectivity index (χ1n) is 4.99. The average molecular weight is 222 g/mol. The van der Waals surface area contributed by atoms with Crippen molar-refractivity contribution in [1.82, 2.24) is 5.32 Å². The summed E-state index contributed by atoms with van der Waals surface area (Å²) in [5.41, 5.74) is 0.951. The third-order valence-corrected chi connectivity index (χ3v) is 2.46. The van der Waals surface area contributed by atoms with E-state index in [0.29, 0.717) is 11.2 Å². The maximum absolute atomic E-state index is 5.17. The van der Waals surface area contributed by atoms with Crippen LogP contribution in [0.4, 0.5) is 5.69 Å². The normalized spacial score (nSPS) is 14.5. The second kappa shape index (κ2) is 4.49. The third-order valence-electron chi connectivity index (χ3n) is 2.24. The van der Waals surface area contributed by atoms with E-state index in [9.17, 15) is 0 Å². The summed E-state index contributed by atoms with van der Waals surface area (Å²) >= 11 is 5.17. The van der Waals surface area contributed by atoms with Gasteiger partial charge in [-0.1, -0.05) is 6.07 Å². The summed E-state index contributed by atoms with van der Waals surface area (Å²) < 4.78 is 5.13. The van der Waals surface area contributed by atoms with Gasteiger partial charge in [-0.2, -0.15) is 0 Å². The van der Waals surface area contributed by atoms with Gasteiger partial charge in [-0.3, -0.25) is 0 Å². The molecule has 1 aromatic rings. The lowest BCUT2D eigenvalue weighted by Gasteiger charge is -2.10. The van der Waals surface area contributed by atoms with Gasteiger partial charge in [-0.15, -0.1) is 0 Å². The SMILES string of the molecule is COc1cccc(NC(=S)NC2CC2)c1. The van der Waals surface area contributed by atoms with Crippen molar-refractivity contribution in [2.24, 2.45) is 0 Å². The van der Waals surface area contributed by atoms with Gasteiger partial charge in [-0.05, 0) is 37.2 Å². The molecule has 1 fully saturated rings. The van der Waals surface area contributed by atoms with Gasteiger partial charge in [0.05, 0.1) is 7.11 Å². The van der Waals surface area contributed by atoms with Gasteiger partial charge in [0.15, 0.2) is 5.11 Å². The van der Waals surface area contributed by atoms with E-state index < -0.39 is 0 Å². The highest BCUT2D eigenvalue weighted by Crippen LogP contribution is 2.20. The van der Waals surface area contributed by atoms with E-state index in [1.807, 2.05) is 24.3 Å². The maximum atomic E-state index is 5.17. The minimum atomic E-state index is 0.579. The lowest BCUT2D eigenvalue weighted by Crippen LogP contribution is -2.30. The molecule has 1 aliphatic rings. The Morgan fingerprint density at radius 3 is 2.93 bits per heavy atom. The summed E-state index contributed by atoms with van der Waals surface area (Å²) in [6.45, 7) is 0. The number of benzene rings is 1. The topological polar surface area (TPSA) is 33.3 Å². The molecule has 0 spiro atoms. The highest BCUT2D eigenvalue weighted by atomic mass is 32.1. The van der Waals surface area contributed by atoms with E-state index in [2.05, 4.69) is 10.6 Å². The molecule has 0 atom stereocenters. The molecule has 15 heavy (non-hydrogen) atoms. The predicted molar refractivity (Wildman–Crippen MR) is 65.4 cm³/mol. The number of hydrogen-bond acceptors (Lipinski definition) is 2. The predicted octanol–water partition coefficient (Wildman–Crippen LogP) is 2.14. The van der Waals surface area contributed by atoms with Gasteiger partial charge >= 0.3 is 0 Å². The number of rotatable bonds is 3. The van der Waals surface area contributed by atoms with Crippen molar-refractivity contribution in [3.63, 3.8) is 0 Å². The fourth-order valence-electron chi connectivity index (χ4n) is 1.28. The smallest absolute Gasteiger partial charge is 0.170 e. The Bertz CT molecular complexity index is 363. The van der Waals surface area contributed by atoms with Crippen LogP contribution in [0, 0.1) is 0 Å². The molecule has 0 radical (unpaired) electrons. The standard InChI is InChI=1S/C11H14N2OS/c1-14-10-4-2-3-9(7-10)13-11(15)12-8-5-6-8/h2-4,7-8H,5-6H2,1H3,(H2,12,13,15). The van der Waals surface area contributed by atoms with Gasteiger partial charge in [0.1, 0.15) is 5.75 Å². The van der Waals surface area contributed by atoms with Gasteiger partial charge in [0, 0.05) is 17.8 Å². The van der Waals surface area contributed by atoms with Crippen molar-refractivity contribution in [2.75, 3.05) is 12.4 Å². The molecule has 0 heterocycles. The molecule has 0 bridgehead atoms. The van der Waals surface area contributed by atoms with Crippen LogP contribution in [-0.4, -0.2) is 18.3 Å². The second-order valence-electron chi connectivity index (χ2n) is 3.60. The molecule has 0 aromatic heterocycles. The number of ether oxygens (including phenoxy) is 1. The molecule has 2 rings (SSSR count). The van der Waals surface area contributed by atoms with Crippen molar-refractivity contribution in [3.8, 4) is 5.75 Å². The molecule has 0 amide bonds. The minimum Gasteiger partial charge on any atom is -0.497 e. The molecular formula is C11H14N2OS. The van der Waals surface area contributed by atoms with Gasteiger partial charge < -0.3 is 15.4 Å². The van der Waals surface area contributed by atoms with Crippen LogP contribution in [0.1, 0.15) is 12.8 Å². The largest absolute Gasteiger partial charge is 0.497 e. The van der Waals surface area contributed by atoms with Gasteiger partial charge in [0.25, 0.3) is 0 Å². The highest BCUT2D eigenvalue weighted by Gasteiger charge is 2.21. The molecule has 0 aliphatic heterocycles. The summed E-state index contributed by atoms with van der Waals surface area (Å²) in [7, 11) is 1.65. The Morgan fingerprint density at radius 2 is 2.27 bits per heavy atom. The van der Waals surface area contributed by atoms with Crippen molar-refractivity contribution in [1.29, 1.82) is 0 Å². The molecule has 4 heteroatoms. The third kappa shape index (κ3) is 3.09. The fourth-order valence-corrected chi connectivity index (χ4v) is 1.57. The van der Waals surface area contributed by atoms with Gasteiger partial charge in [0.2, 0.25) is 0 Å². The number of hydrogen-bond donors (Lipinski definition) is 2.